The van der Waals surface area contributed by atoms with Crippen molar-refractivity contribution in [1.29, 1.82) is 0 Å². The lowest BCUT2D eigenvalue weighted by atomic mass is 10.1. The van der Waals surface area contributed by atoms with Gasteiger partial charge in [-0.25, -0.2) is 4.79 Å². The predicted octanol–water partition coefficient (Wildman–Crippen LogP) is 1.92. The van der Waals surface area contributed by atoms with Gasteiger partial charge >= 0.3 is 5.97 Å². The molecule has 0 aliphatic rings. The summed E-state index contributed by atoms with van der Waals surface area (Å²) in [6.45, 7) is -0.348. The van der Waals surface area contributed by atoms with Crippen molar-refractivity contribution in [3.8, 4) is 0 Å². The molecule has 4 N–H and O–H groups in total. The van der Waals surface area contributed by atoms with Gasteiger partial charge in [-0.2, -0.15) is 0 Å². The van der Waals surface area contributed by atoms with E-state index in [9.17, 15) is 14.7 Å². The van der Waals surface area contributed by atoms with Crippen LogP contribution in [-0.4, -0.2) is 35.9 Å². The lowest BCUT2D eigenvalue weighted by molar-refractivity contribution is 0.0694. The topological polar surface area (TPSA) is 98.7 Å². The third-order valence-electron chi connectivity index (χ3n) is 2.24. The summed E-state index contributed by atoms with van der Waals surface area (Å²) in [5.41, 5.74) is 0.786. The lowest BCUT2D eigenvalue weighted by Gasteiger charge is -2.17. The van der Waals surface area contributed by atoms with Crippen LogP contribution < -0.4 is 10.6 Å². The number of carboxylic acid groups (broad SMARTS) is 1. The quantitative estimate of drug-likeness (QED) is 0.312. The van der Waals surface area contributed by atoms with E-state index >= 15 is 0 Å². The number of nitrogens with one attached hydrogen (secondary N) is 2. The maximum Gasteiger partial charge on any atom is 0.337 e. The Hall–Kier alpha value is 0.110. The van der Waals surface area contributed by atoms with Crippen LogP contribution in [0.15, 0.2) is 0 Å². The zero-order valence-corrected chi connectivity index (χ0v) is 16.0. The van der Waals surface area contributed by atoms with E-state index in [4.69, 9.17) is 5.11 Å². The minimum Gasteiger partial charge on any atom is -0.478 e. The number of hydrogen-bond donors (Lipinski definition) is 4. The van der Waals surface area contributed by atoms with Crippen LogP contribution in [0.5, 0.6) is 0 Å². The molecular weight excluding hydrogens is 593 g/mol. The van der Waals surface area contributed by atoms with Crippen molar-refractivity contribution in [3.05, 3.63) is 21.8 Å². The molecule has 0 unspecified atom stereocenters. The molecule has 6 nitrogen and oxygen atoms in total. The fourth-order valence-electron chi connectivity index (χ4n) is 1.41. The van der Waals surface area contributed by atoms with E-state index in [0.717, 1.165) is 0 Å². The van der Waals surface area contributed by atoms with Crippen LogP contribution in [-0.2, 0) is 0 Å². The summed E-state index contributed by atoms with van der Waals surface area (Å²) < 4.78 is 1.41. The van der Waals surface area contributed by atoms with Gasteiger partial charge in [0.2, 0.25) is 0 Å². The van der Waals surface area contributed by atoms with Gasteiger partial charge < -0.3 is 20.8 Å². The number of carbonyl (C=O) groups excluding carboxylic acids is 1. The van der Waals surface area contributed by atoms with Gasteiger partial charge in [-0.1, -0.05) is 0 Å². The third-order valence-corrected chi connectivity index (χ3v) is 5.48. The van der Waals surface area contributed by atoms with Gasteiger partial charge in [-0.15, -0.1) is 0 Å². The van der Waals surface area contributed by atoms with Crippen LogP contribution in [0.25, 0.3) is 0 Å². The molecule has 0 bridgehead atoms. The number of carboxylic acids is 1. The van der Waals surface area contributed by atoms with Crippen molar-refractivity contribution < 1.29 is 19.8 Å². The molecule has 0 fully saturated rings. The maximum absolute atomic E-state index is 11.9. The van der Waals surface area contributed by atoms with Gasteiger partial charge in [0.1, 0.15) is 6.73 Å². The van der Waals surface area contributed by atoms with Gasteiger partial charge in [-0.05, 0) is 67.8 Å². The van der Waals surface area contributed by atoms with E-state index in [1.165, 1.54) is 7.05 Å². The molecule has 19 heavy (non-hydrogen) atoms. The van der Waals surface area contributed by atoms with E-state index in [1.54, 1.807) is 0 Å². The number of benzene rings is 1. The molecule has 0 spiro atoms. The molecule has 1 aromatic carbocycles. The summed E-state index contributed by atoms with van der Waals surface area (Å²) in [6.07, 6.45) is 0. The average Bonchev–Trinajstić information content (AvgIpc) is 2.33. The second-order valence-corrected chi connectivity index (χ2v) is 6.52. The summed E-state index contributed by atoms with van der Waals surface area (Å²) in [5, 5.41) is 23.4. The van der Waals surface area contributed by atoms with Gasteiger partial charge in [0.25, 0.3) is 5.91 Å². The first-order valence-corrected chi connectivity index (χ1v) is 8.10. The fraction of sp³-hybridized carbons (Fsp3) is 0.200. The van der Waals surface area contributed by atoms with Gasteiger partial charge in [0.05, 0.1) is 24.0 Å². The molecule has 0 heterocycles. The van der Waals surface area contributed by atoms with E-state index in [1.807, 2.05) is 67.8 Å². The molecule has 0 radical (unpaired) electrons. The number of aliphatic hydroxyl groups excluding tert-OH is 1. The van der Waals surface area contributed by atoms with Crippen LogP contribution in [0.2, 0.25) is 0 Å². The Morgan fingerprint density at radius 1 is 1.11 bits per heavy atom. The second-order valence-electron chi connectivity index (χ2n) is 3.29. The molecule has 104 valence electrons. The number of hydrogen-bond acceptors (Lipinski definition) is 4. The number of halogens is 3. The number of aliphatic hydroxyl groups is 1. The Balaban J connectivity index is 3.73. The SMILES string of the molecule is CNC(=O)c1c(I)c(NCO)c(I)c(C(=O)O)c1I. The average molecular weight is 602 g/mol. The molecule has 0 aliphatic carbocycles. The monoisotopic (exact) mass is 602 g/mol. The Morgan fingerprint density at radius 2 is 1.63 bits per heavy atom. The molecule has 9 heteroatoms. The number of rotatable bonds is 4. The van der Waals surface area contributed by atoms with Gasteiger partial charge in [0.15, 0.2) is 0 Å². The lowest BCUT2D eigenvalue weighted by Crippen LogP contribution is -2.24. The molecule has 1 aromatic rings. The number of aromatic carboxylic acids is 1. The zero-order valence-electron chi connectivity index (χ0n) is 9.55. The second kappa shape index (κ2) is 7.21. The highest BCUT2D eigenvalue weighted by Crippen LogP contribution is 2.35. The summed E-state index contributed by atoms with van der Waals surface area (Å²) in [7, 11) is 1.48. The fourth-order valence-corrected chi connectivity index (χ4v) is 5.91. The Labute approximate surface area is 150 Å². The van der Waals surface area contributed by atoms with Crippen LogP contribution in [0, 0.1) is 10.7 Å². The predicted molar refractivity (Wildman–Crippen MR) is 95.7 cm³/mol. The molecule has 0 atom stereocenters. The first kappa shape index (κ1) is 17.2. The van der Waals surface area contributed by atoms with E-state index in [2.05, 4.69) is 10.6 Å². The number of amides is 1. The largest absolute Gasteiger partial charge is 0.478 e. The van der Waals surface area contributed by atoms with Gasteiger partial charge in [-0.3, -0.25) is 4.79 Å². The van der Waals surface area contributed by atoms with Crippen molar-refractivity contribution in [2.24, 2.45) is 0 Å². The highest BCUT2D eigenvalue weighted by atomic mass is 127. The molecule has 1 amide bonds. The van der Waals surface area contributed by atoms with Crippen molar-refractivity contribution >= 4 is 85.3 Å². The smallest absolute Gasteiger partial charge is 0.337 e. The maximum atomic E-state index is 11.9. The molecule has 0 aliphatic heterocycles. The normalized spacial score (nSPS) is 10.2. The summed E-state index contributed by atoms with van der Waals surface area (Å²) in [4.78, 5) is 23.2. The first-order valence-electron chi connectivity index (χ1n) is 4.87. The molecular formula is C10H9I3N2O4. The minimum absolute atomic E-state index is 0.0520. The summed E-state index contributed by atoms with van der Waals surface area (Å²) in [6, 6.07) is 0. The molecule has 0 aromatic heterocycles. The van der Waals surface area contributed by atoms with Crippen LogP contribution in [0.3, 0.4) is 0 Å². The zero-order chi connectivity index (χ0) is 14.7. The Bertz CT molecular complexity index is 548. The van der Waals surface area contributed by atoms with Crippen molar-refractivity contribution in [2.75, 3.05) is 19.1 Å². The van der Waals surface area contributed by atoms with Crippen LogP contribution >= 0.6 is 67.8 Å². The van der Waals surface area contributed by atoms with Crippen molar-refractivity contribution in [2.45, 2.75) is 0 Å². The highest BCUT2D eigenvalue weighted by Gasteiger charge is 2.26. The molecule has 1 rings (SSSR count). The molecule has 0 saturated carbocycles. The van der Waals surface area contributed by atoms with E-state index < -0.39 is 5.97 Å². The Morgan fingerprint density at radius 3 is 2.05 bits per heavy atom. The van der Waals surface area contributed by atoms with Crippen LogP contribution in [0.4, 0.5) is 5.69 Å². The van der Waals surface area contributed by atoms with Crippen LogP contribution in [0.1, 0.15) is 20.7 Å². The summed E-state index contributed by atoms with van der Waals surface area (Å²) in [5.74, 6) is -1.48. The van der Waals surface area contributed by atoms with E-state index in [-0.39, 0.29) is 23.8 Å². The summed E-state index contributed by atoms with van der Waals surface area (Å²) >= 11 is 5.69. The number of carbonyl (C=O) groups is 2. The standard InChI is InChI=1S/C10H9I3N2O4/c1-14-9(17)3-5(11)4(10(18)19)7(13)8(6(3)12)15-2-16/h15-16H,2H2,1H3,(H,14,17)(H,18,19). The van der Waals surface area contributed by atoms with Gasteiger partial charge in [0, 0.05) is 10.6 Å². The minimum atomic E-state index is -1.11. The number of anilines is 1. The third kappa shape index (κ3) is 3.41. The highest BCUT2D eigenvalue weighted by molar-refractivity contribution is 14.1. The Kier molecular flexibility index (Phi) is 6.52. The van der Waals surface area contributed by atoms with Crippen molar-refractivity contribution in [3.63, 3.8) is 0 Å². The van der Waals surface area contributed by atoms with E-state index in [0.29, 0.717) is 16.4 Å². The first-order chi connectivity index (χ1) is 8.86. The molecule has 0 saturated heterocycles. The van der Waals surface area contributed by atoms with Crippen molar-refractivity contribution in [1.82, 2.24) is 5.32 Å².